The van der Waals surface area contributed by atoms with Crippen molar-refractivity contribution in [3.8, 4) is 0 Å². The van der Waals surface area contributed by atoms with Gasteiger partial charge in [-0.1, -0.05) is 19.8 Å². The minimum atomic E-state index is 0.143. The highest BCUT2D eigenvalue weighted by molar-refractivity contribution is 5.05. The minimum absolute atomic E-state index is 0.143. The fraction of sp³-hybridized carbons (Fsp3) is 0.833. The molecule has 2 aliphatic rings. The molecule has 1 aliphatic carbocycles. The van der Waals surface area contributed by atoms with Gasteiger partial charge in [0.2, 0.25) is 11.8 Å². The summed E-state index contributed by atoms with van der Waals surface area (Å²) in [5, 5.41) is 11.9. The van der Waals surface area contributed by atoms with Gasteiger partial charge in [0.05, 0.1) is 6.04 Å². The summed E-state index contributed by atoms with van der Waals surface area (Å²) in [5.41, 5.74) is 0.143. The second kappa shape index (κ2) is 3.84. The van der Waals surface area contributed by atoms with Gasteiger partial charge in [0, 0.05) is 5.41 Å². The molecule has 16 heavy (non-hydrogen) atoms. The van der Waals surface area contributed by atoms with Crippen LogP contribution in [0.25, 0.3) is 0 Å². The standard InChI is InChI=1S/C12H19N3O/c1-12(6-2-3-7-12)11-15-14-10(16-11)9-5-4-8-13-9/h9,13H,2-8H2,1H3. The van der Waals surface area contributed by atoms with Crippen LogP contribution in [0.15, 0.2) is 4.42 Å². The summed E-state index contributed by atoms with van der Waals surface area (Å²) >= 11 is 0. The molecule has 1 saturated carbocycles. The second-order valence-corrected chi connectivity index (χ2v) is 5.36. The van der Waals surface area contributed by atoms with Gasteiger partial charge in [-0.05, 0) is 32.2 Å². The molecule has 88 valence electrons. The van der Waals surface area contributed by atoms with E-state index in [-0.39, 0.29) is 5.41 Å². The van der Waals surface area contributed by atoms with E-state index in [1.54, 1.807) is 0 Å². The van der Waals surface area contributed by atoms with Crippen LogP contribution in [0.2, 0.25) is 0 Å². The zero-order valence-electron chi connectivity index (χ0n) is 9.83. The summed E-state index contributed by atoms with van der Waals surface area (Å²) < 4.78 is 5.87. The Morgan fingerprint density at radius 2 is 2.06 bits per heavy atom. The molecule has 1 N–H and O–H groups in total. The van der Waals surface area contributed by atoms with Crippen molar-refractivity contribution < 1.29 is 4.42 Å². The molecule has 0 radical (unpaired) electrons. The molecule has 4 nitrogen and oxygen atoms in total. The van der Waals surface area contributed by atoms with E-state index < -0.39 is 0 Å². The van der Waals surface area contributed by atoms with Crippen LogP contribution in [0.4, 0.5) is 0 Å². The smallest absolute Gasteiger partial charge is 0.233 e. The molecule has 1 atom stereocenters. The molecule has 0 spiro atoms. The van der Waals surface area contributed by atoms with Crippen molar-refractivity contribution in [2.24, 2.45) is 0 Å². The average molecular weight is 221 g/mol. The predicted octanol–water partition coefficient (Wildman–Crippen LogP) is 2.33. The fourth-order valence-electron chi connectivity index (χ4n) is 2.88. The normalized spacial score (nSPS) is 28.7. The maximum absolute atomic E-state index is 5.87. The van der Waals surface area contributed by atoms with E-state index in [1.165, 1.54) is 32.1 Å². The van der Waals surface area contributed by atoms with Crippen LogP contribution in [-0.4, -0.2) is 16.7 Å². The number of rotatable bonds is 2. The quantitative estimate of drug-likeness (QED) is 0.832. The average Bonchev–Trinajstić information content (AvgIpc) is 2.98. The highest BCUT2D eigenvalue weighted by Crippen LogP contribution is 2.40. The van der Waals surface area contributed by atoms with E-state index in [0.29, 0.717) is 6.04 Å². The lowest BCUT2D eigenvalue weighted by Gasteiger charge is -2.17. The molecule has 1 saturated heterocycles. The molecule has 1 aromatic heterocycles. The summed E-state index contributed by atoms with van der Waals surface area (Å²) in [6.07, 6.45) is 7.28. The first-order chi connectivity index (χ1) is 7.78. The van der Waals surface area contributed by atoms with Crippen molar-refractivity contribution in [1.82, 2.24) is 15.5 Å². The molecule has 3 rings (SSSR count). The zero-order chi connectivity index (χ0) is 11.0. The highest BCUT2D eigenvalue weighted by atomic mass is 16.4. The Hall–Kier alpha value is -0.900. The SMILES string of the molecule is CC1(c2nnc(C3CCCN3)o2)CCCC1. The van der Waals surface area contributed by atoms with Gasteiger partial charge in [-0.15, -0.1) is 10.2 Å². The van der Waals surface area contributed by atoms with Crippen molar-refractivity contribution in [2.75, 3.05) is 6.54 Å². The molecule has 0 aromatic carbocycles. The minimum Gasteiger partial charge on any atom is -0.423 e. The number of hydrogen-bond acceptors (Lipinski definition) is 4. The lowest BCUT2D eigenvalue weighted by molar-refractivity contribution is 0.322. The second-order valence-electron chi connectivity index (χ2n) is 5.36. The Balaban J connectivity index is 1.81. The lowest BCUT2D eigenvalue weighted by atomic mass is 9.89. The number of nitrogens with one attached hydrogen (secondary N) is 1. The summed E-state index contributed by atoms with van der Waals surface area (Å²) in [5.74, 6) is 1.65. The van der Waals surface area contributed by atoms with Gasteiger partial charge in [-0.25, -0.2) is 0 Å². The topological polar surface area (TPSA) is 51.0 Å². The Labute approximate surface area is 95.8 Å². The molecule has 2 fully saturated rings. The van der Waals surface area contributed by atoms with Crippen LogP contribution in [-0.2, 0) is 5.41 Å². The van der Waals surface area contributed by atoms with E-state index >= 15 is 0 Å². The van der Waals surface area contributed by atoms with Crippen molar-refractivity contribution in [3.05, 3.63) is 11.8 Å². The van der Waals surface area contributed by atoms with E-state index in [9.17, 15) is 0 Å². The Kier molecular flexibility index (Phi) is 2.46. The Bertz CT molecular complexity index is 362. The van der Waals surface area contributed by atoms with E-state index in [2.05, 4.69) is 22.4 Å². The van der Waals surface area contributed by atoms with Crippen molar-refractivity contribution in [3.63, 3.8) is 0 Å². The first-order valence-corrected chi connectivity index (χ1v) is 6.35. The summed E-state index contributed by atoms with van der Waals surface area (Å²) in [4.78, 5) is 0. The summed E-state index contributed by atoms with van der Waals surface area (Å²) in [6.45, 7) is 3.32. The number of aromatic nitrogens is 2. The van der Waals surface area contributed by atoms with Crippen LogP contribution in [0, 0.1) is 0 Å². The highest BCUT2D eigenvalue weighted by Gasteiger charge is 2.36. The number of nitrogens with zero attached hydrogens (tertiary/aromatic N) is 2. The first kappa shape index (κ1) is 10.3. The zero-order valence-corrected chi connectivity index (χ0v) is 9.83. The summed E-state index contributed by atoms with van der Waals surface area (Å²) in [6, 6.07) is 0.297. The van der Waals surface area contributed by atoms with Crippen molar-refractivity contribution >= 4 is 0 Å². The molecule has 1 aromatic rings. The third-order valence-electron chi connectivity index (χ3n) is 4.02. The number of hydrogen-bond donors (Lipinski definition) is 1. The van der Waals surface area contributed by atoms with Crippen molar-refractivity contribution in [1.29, 1.82) is 0 Å². The molecule has 2 heterocycles. The fourth-order valence-corrected chi connectivity index (χ4v) is 2.88. The van der Waals surface area contributed by atoms with Gasteiger partial charge in [0.15, 0.2) is 0 Å². The van der Waals surface area contributed by atoms with Crippen LogP contribution < -0.4 is 5.32 Å². The molecular formula is C12H19N3O. The van der Waals surface area contributed by atoms with Gasteiger partial charge in [0.1, 0.15) is 0 Å². The van der Waals surface area contributed by atoms with Gasteiger partial charge < -0.3 is 9.73 Å². The van der Waals surface area contributed by atoms with Gasteiger partial charge >= 0.3 is 0 Å². The molecular weight excluding hydrogens is 202 g/mol. The van der Waals surface area contributed by atoms with Crippen molar-refractivity contribution in [2.45, 2.75) is 56.9 Å². The molecule has 0 amide bonds. The van der Waals surface area contributed by atoms with Gasteiger partial charge in [0.25, 0.3) is 0 Å². The van der Waals surface area contributed by atoms with Crippen LogP contribution in [0.3, 0.4) is 0 Å². The molecule has 1 aliphatic heterocycles. The molecule has 0 bridgehead atoms. The van der Waals surface area contributed by atoms with E-state index in [0.717, 1.165) is 24.7 Å². The molecule has 1 unspecified atom stereocenters. The largest absolute Gasteiger partial charge is 0.423 e. The summed E-state index contributed by atoms with van der Waals surface area (Å²) in [7, 11) is 0. The van der Waals surface area contributed by atoms with Gasteiger partial charge in [-0.2, -0.15) is 0 Å². The maximum Gasteiger partial charge on any atom is 0.233 e. The third kappa shape index (κ3) is 1.65. The van der Waals surface area contributed by atoms with E-state index in [4.69, 9.17) is 4.42 Å². The monoisotopic (exact) mass is 221 g/mol. The third-order valence-corrected chi connectivity index (χ3v) is 4.02. The molecule has 4 heteroatoms. The van der Waals surface area contributed by atoms with E-state index in [1.807, 2.05) is 0 Å². The first-order valence-electron chi connectivity index (χ1n) is 6.35. The van der Waals surface area contributed by atoms with Crippen LogP contribution in [0.5, 0.6) is 0 Å². The van der Waals surface area contributed by atoms with Crippen LogP contribution >= 0.6 is 0 Å². The lowest BCUT2D eigenvalue weighted by Crippen LogP contribution is -2.17. The maximum atomic E-state index is 5.87. The van der Waals surface area contributed by atoms with Gasteiger partial charge in [-0.3, -0.25) is 0 Å². The Morgan fingerprint density at radius 1 is 1.25 bits per heavy atom. The van der Waals surface area contributed by atoms with Crippen LogP contribution in [0.1, 0.15) is 63.3 Å². The predicted molar refractivity (Wildman–Crippen MR) is 60.1 cm³/mol. The Morgan fingerprint density at radius 3 is 2.75 bits per heavy atom.